The third-order valence-corrected chi connectivity index (χ3v) is 8.86. The van der Waals surface area contributed by atoms with Crippen LogP contribution in [0, 0.1) is 11.6 Å². The highest BCUT2D eigenvalue weighted by molar-refractivity contribution is 7.89. The summed E-state index contributed by atoms with van der Waals surface area (Å²) in [5.41, 5.74) is -0.321. The molecule has 2 heterocycles. The van der Waals surface area contributed by atoms with Gasteiger partial charge in [-0.15, -0.1) is 0 Å². The van der Waals surface area contributed by atoms with Crippen LogP contribution < -0.4 is 10.0 Å². The molecule has 0 spiro atoms. The fraction of sp³-hybridized carbons (Fsp3) is 0.571. The molecule has 0 saturated carbocycles. The molecule has 2 aliphatic heterocycles. The summed E-state index contributed by atoms with van der Waals surface area (Å²) in [5, 5.41) is 3.15. The molecule has 0 radical (unpaired) electrons. The molecule has 2 aromatic carbocycles. The van der Waals surface area contributed by atoms with Gasteiger partial charge in [-0.3, -0.25) is 14.2 Å². The highest BCUT2D eigenvalue weighted by Gasteiger charge is 2.40. The van der Waals surface area contributed by atoms with Crippen molar-refractivity contribution in [2.24, 2.45) is 0 Å². The van der Waals surface area contributed by atoms with E-state index >= 15 is 8.78 Å². The molecule has 0 aliphatic carbocycles. The Morgan fingerprint density at radius 3 is 2.36 bits per heavy atom. The molecule has 216 valence electrons. The van der Waals surface area contributed by atoms with Gasteiger partial charge >= 0.3 is 0 Å². The van der Waals surface area contributed by atoms with Crippen molar-refractivity contribution in [3.8, 4) is 0 Å². The van der Waals surface area contributed by atoms with Crippen LogP contribution in [-0.4, -0.2) is 75.4 Å². The molecule has 2 unspecified atom stereocenters. The summed E-state index contributed by atoms with van der Waals surface area (Å²) in [6, 6.07) is 5.82. The Labute approximate surface area is 228 Å². The number of nitrogens with one attached hydrogen (secondary N) is 2. The first-order valence-electron chi connectivity index (χ1n) is 13.4. The van der Waals surface area contributed by atoms with Crippen LogP contribution in [0.2, 0.25) is 0 Å². The minimum Gasteiger partial charge on any atom is -0.380 e. The Bertz CT molecular complexity index is 1260. The van der Waals surface area contributed by atoms with E-state index in [0.717, 1.165) is 0 Å². The summed E-state index contributed by atoms with van der Waals surface area (Å²) < 4.78 is 86.5. The number of rotatable bonds is 11. The van der Waals surface area contributed by atoms with Crippen molar-refractivity contribution in [3.63, 3.8) is 0 Å². The van der Waals surface area contributed by atoms with Gasteiger partial charge < -0.3 is 5.32 Å². The molecule has 1 fully saturated rings. The van der Waals surface area contributed by atoms with Crippen LogP contribution in [0.4, 0.5) is 23.2 Å². The van der Waals surface area contributed by atoms with Gasteiger partial charge in [0.05, 0.1) is 23.7 Å². The molecule has 2 atom stereocenters. The van der Waals surface area contributed by atoms with E-state index in [0.29, 0.717) is 49.3 Å². The quantitative estimate of drug-likeness (QED) is 0.380. The van der Waals surface area contributed by atoms with Crippen molar-refractivity contribution in [3.05, 3.63) is 58.7 Å². The van der Waals surface area contributed by atoms with Gasteiger partial charge in [-0.05, 0) is 69.0 Å². The van der Waals surface area contributed by atoms with Crippen LogP contribution in [0.25, 0.3) is 0 Å². The van der Waals surface area contributed by atoms with Gasteiger partial charge in [-0.2, -0.15) is 0 Å². The number of benzene rings is 2. The maximum Gasteiger partial charge on any atom is 0.240 e. The maximum atomic E-state index is 15.7. The Balaban J connectivity index is 1.69. The van der Waals surface area contributed by atoms with Gasteiger partial charge in [0.15, 0.2) is 0 Å². The van der Waals surface area contributed by atoms with Crippen LogP contribution in [0.5, 0.6) is 0 Å². The highest BCUT2D eigenvalue weighted by Crippen LogP contribution is 2.42. The molecule has 2 N–H and O–H groups in total. The van der Waals surface area contributed by atoms with E-state index in [2.05, 4.69) is 14.9 Å². The second-order valence-corrected chi connectivity index (χ2v) is 13.0. The Morgan fingerprint density at radius 1 is 1.10 bits per heavy atom. The van der Waals surface area contributed by atoms with E-state index < -0.39 is 33.4 Å². The van der Waals surface area contributed by atoms with Crippen LogP contribution in [0.3, 0.4) is 0 Å². The molecule has 11 heteroatoms. The lowest BCUT2D eigenvalue weighted by molar-refractivity contribution is 0.0652. The molecule has 0 bridgehead atoms. The fourth-order valence-corrected chi connectivity index (χ4v) is 6.72. The number of likely N-dealkylation sites (tertiary alicyclic amines) is 1. The SMILES string of the molecule is CCNS(=O)(=O)c1ccc2c(c1)CC(C)N(CC(C)(C)F)C2c1c(F)cc(NC2CN(CCCF)C2)cc1F. The molecule has 6 nitrogen and oxygen atoms in total. The number of halogens is 4. The van der Waals surface area contributed by atoms with Gasteiger partial charge in [-0.1, -0.05) is 13.0 Å². The number of fused-ring (bicyclic) bond motifs is 1. The summed E-state index contributed by atoms with van der Waals surface area (Å²) in [5.74, 6) is -1.52. The first-order valence-corrected chi connectivity index (χ1v) is 14.9. The van der Waals surface area contributed by atoms with Crippen LogP contribution in [-0.2, 0) is 16.4 Å². The number of hydrogen-bond donors (Lipinski definition) is 2. The predicted molar refractivity (Wildman–Crippen MR) is 145 cm³/mol. The summed E-state index contributed by atoms with van der Waals surface area (Å²) in [6.45, 7) is 8.14. The average molecular weight is 571 g/mol. The molecule has 39 heavy (non-hydrogen) atoms. The summed E-state index contributed by atoms with van der Waals surface area (Å²) >= 11 is 0. The monoisotopic (exact) mass is 570 g/mol. The van der Waals surface area contributed by atoms with Crippen LogP contribution in [0.1, 0.15) is 56.8 Å². The first kappa shape index (κ1) is 29.8. The van der Waals surface area contributed by atoms with Crippen LogP contribution >= 0.6 is 0 Å². The largest absolute Gasteiger partial charge is 0.380 e. The van der Waals surface area contributed by atoms with Gasteiger partial charge in [0.2, 0.25) is 10.0 Å². The van der Waals surface area contributed by atoms with Crippen molar-refractivity contribution in [2.45, 2.75) is 69.2 Å². The van der Waals surface area contributed by atoms with Crippen molar-refractivity contribution < 1.29 is 26.0 Å². The lowest BCUT2D eigenvalue weighted by Crippen LogP contribution is -2.54. The van der Waals surface area contributed by atoms with E-state index in [4.69, 9.17) is 0 Å². The van der Waals surface area contributed by atoms with E-state index in [1.807, 2.05) is 6.92 Å². The Hall–Kier alpha value is -2.21. The summed E-state index contributed by atoms with van der Waals surface area (Å²) in [6.07, 6.45) is 0.863. The molecule has 0 aromatic heterocycles. The molecule has 2 aromatic rings. The Kier molecular flexibility index (Phi) is 8.95. The number of anilines is 1. The van der Waals surface area contributed by atoms with E-state index in [1.54, 1.807) is 24.0 Å². The van der Waals surface area contributed by atoms with Gasteiger partial charge in [0, 0.05) is 50.0 Å². The van der Waals surface area contributed by atoms with Crippen molar-refractivity contribution in [1.29, 1.82) is 0 Å². The van der Waals surface area contributed by atoms with Crippen molar-refractivity contribution in [1.82, 2.24) is 14.5 Å². The van der Waals surface area contributed by atoms with Gasteiger partial charge in [0.1, 0.15) is 17.3 Å². The first-order chi connectivity index (χ1) is 18.3. The van der Waals surface area contributed by atoms with E-state index in [9.17, 15) is 17.2 Å². The van der Waals surface area contributed by atoms with Crippen molar-refractivity contribution >= 4 is 15.7 Å². The highest BCUT2D eigenvalue weighted by atomic mass is 32.2. The molecular formula is C28H38F4N4O2S. The second kappa shape index (κ2) is 11.7. The van der Waals surface area contributed by atoms with Crippen molar-refractivity contribution in [2.75, 3.05) is 44.7 Å². The number of nitrogens with zero attached hydrogens (tertiary/aromatic N) is 2. The standard InChI is InChI=1S/C28H38F4N4O2S/c1-5-33-39(37,38)22-7-8-23-19(12-22)11-18(2)36(17-28(3,4)32)27(23)26-24(30)13-20(14-25(26)31)34-21-15-35(16-21)10-6-9-29/h7-8,12-14,18,21,27,33-34H,5-6,9-11,15-17H2,1-4H3. The van der Waals surface area contributed by atoms with Gasteiger partial charge in [-0.25, -0.2) is 26.3 Å². The van der Waals surface area contributed by atoms with E-state index in [1.165, 1.54) is 32.0 Å². The zero-order chi connectivity index (χ0) is 28.5. The summed E-state index contributed by atoms with van der Waals surface area (Å²) in [4.78, 5) is 3.90. The lowest BCUT2D eigenvalue weighted by atomic mass is 9.84. The zero-order valence-corrected chi connectivity index (χ0v) is 23.7. The normalized spacial score (nSPS) is 21.0. The van der Waals surface area contributed by atoms with E-state index in [-0.39, 0.29) is 42.3 Å². The third-order valence-electron chi connectivity index (χ3n) is 7.31. The minimum atomic E-state index is -3.73. The molecule has 4 rings (SSSR count). The van der Waals surface area contributed by atoms with Crippen LogP contribution in [0.15, 0.2) is 35.2 Å². The van der Waals surface area contributed by atoms with Gasteiger partial charge in [0.25, 0.3) is 0 Å². The fourth-order valence-electron chi connectivity index (χ4n) is 5.63. The number of hydrogen-bond acceptors (Lipinski definition) is 5. The smallest absolute Gasteiger partial charge is 0.240 e. The maximum absolute atomic E-state index is 15.7. The molecular weight excluding hydrogens is 532 g/mol. The molecule has 2 aliphatic rings. The summed E-state index contributed by atoms with van der Waals surface area (Å²) in [7, 11) is -3.73. The zero-order valence-electron chi connectivity index (χ0n) is 22.9. The minimum absolute atomic E-state index is 0.00521. The topological polar surface area (TPSA) is 64.7 Å². The average Bonchev–Trinajstić information content (AvgIpc) is 2.80. The lowest BCUT2D eigenvalue weighted by Gasteiger charge is -2.44. The predicted octanol–water partition coefficient (Wildman–Crippen LogP) is 4.80. The third kappa shape index (κ3) is 6.75. The second-order valence-electron chi connectivity index (χ2n) is 11.2. The Morgan fingerprint density at radius 2 is 1.77 bits per heavy atom. The molecule has 1 saturated heterocycles. The number of sulfonamides is 1. The number of alkyl halides is 2. The molecule has 0 amide bonds.